The van der Waals surface area contributed by atoms with Gasteiger partial charge in [0, 0.05) is 7.05 Å². The van der Waals surface area contributed by atoms with E-state index in [1.165, 1.54) is 12.1 Å². The molecule has 2 N–H and O–H groups in total. The molecule has 20 heavy (non-hydrogen) atoms. The number of anilines is 2. The molecule has 0 saturated carbocycles. The Kier molecular flexibility index (Phi) is 4.05. The van der Waals surface area contributed by atoms with Crippen molar-refractivity contribution in [3.8, 4) is 0 Å². The highest BCUT2D eigenvalue weighted by molar-refractivity contribution is 7.92. The normalized spacial score (nSPS) is 11.2. The van der Waals surface area contributed by atoms with Gasteiger partial charge in [0.15, 0.2) is 0 Å². The lowest BCUT2D eigenvalue weighted by atomic mass is 10.3. The van der Waals surface area contributed by atoms with Crippen molar-refractivity contribution in [3.05, 3.63) is 41.4 Å². The van der Waals surface area contributed by atoms with E-state index < -0.39 is 15.8 Å². The molecule has 0 saturated heterocycles. The van der Waals surface area contributed by atoms with Crippen LogP contribution in [0.1, 0.15) is 0 Å². The highest BCUT2D eigenvalue weighted by Crippen LogP contribution is 2.21. The highest BCUT2D eigenvalue weighted by atomic mass is 35.5. The van der Waals surface area contributed by atoms with Gasteiger partial charge < -0.3 is 5.32 Å². The van der Waals surface area contributed by atoms with Gasteiger partial charge in [-0.3, -0.25) is 4.72 Å². The van der Waals surface area contributed by atoms with Crippen molar-refractivity contribution in [2.75, 3.05) is 17.1 Å². The molecular weight excluding hydrogens is 307 g/mol. The summed E-state index contributed by atoms with van der Waals surface area (Å²) in [7, 11) is -2.27. The fourth-order valence-electron chi connectivity index (χ4n) is 1.36. The van der Waals surface area contributed by atoms with Gasteiger partial charge in [0.05, 0.1) is 23.1 Å². The zero-order valence-corrected chi connectivity index (χ0v) is 11.8. The first-order chi connectivity index (χ1) is 9.42. The molecule has 9 heteroatoms. The van der Waals surface area contributed by atoms with Crippen molar-refractivity contribution in [2.45, 2.75) is 4.90 Å². The number of hydrogen-bond acceptors (Lipinski definition) is 5. The lowest BCUT2D eigenvalue weighted by Crippen LogP contribution is -2.14. The summed E-state index contributed by atoms with van der Waals surface area (Å²) in [6.45, 7) is 0. The first-order valence-corrected chi connectivity index (χ1v) is 7.26. The largest absolute Gasteiger partial charge is 0.357 e. The quantitative estimate of drug-likeness (QED) is 0.902. The first-order valence-electron chi connectivity index (χ1n) is 5.40. The molecule has 2 rings (SSSR count). The Hall–Kier alpha value is -1.93. The number of nitrogens with one attached hydrogen (secondary N) is 2. The summed E-state index contributed by atoms with van der Waals surface area (Å²) in [6.07, 6.45) is 2.29. The van der Waals surface area contributed by atoms with Crippen LogP contribution in [0.3, 0.4) is 0 Å². The standard InChI is InChI=1S/C11H10ClFN4O2S/c1-14-11-15-5-8(6-16-11)20(18,19)17-7-2-3-9(12)10(13)4-7/h2-6,17H,1H3,(H,14,15,16). The predicted octanol–water partition coefficient (Wildman–Crippen LogP) is 2.11. The lowest BCUT2D eigenvalue weighted by Gasteiger charge is -2.08. The molecule has 0 amide bonds. The second-order valence-corrected chi connectivity index (χ2v) is 5.82. The van der Waals surface area contributed by atoms with Crippen molar-refractivity contribution < 1.29 is 12.8 Å². The van der Waals surface area contributed by atoms with Gasteiger partial charge in [-0.2, -0.15) is 0 Å². The maximum Gasteiger partial charge on any atom is 0.264 e. The Labute approximate surface area is 120 Å². The molecule has 0 atom stereocenters. The van der Waals surface area contributed by atoms with Crippen LogP contribution in [-0.2, 0) is 10.0 Å². The molecule has 0 fully saturated rings. The van der Waals surface area contributed by atoms with Gasteiger partial charge in [-0.1, -0.05) is 11.6 Å². The average Bonchev–Trinajstić information content (AvgIpc) is 2.43. The molecule has 0 aliphatic carbocycles. The molecule has 6 nitrogen and oxygen atoms in total. The van der Waals surface area contributed by atoms with Crippen molar-refractivity contribution in [3.63, 3.8) is 0 Å². The molecular formula is C11H10ClFN4O2S. The lowest BCUT2D eigenvalue weighted by molar-refractivity contribution is 0.600. The topological polar surface area (TPSA) is 84.0 Å². The minimum absolute atomic E-state index is 0.0598. The molecule has 2 aromatic rings. The summed E-state index contributed by atoms with van der Waals surface area (Å²) in [5, 5.41) is 2.58. The van der Waals surface area contributed by atoms with Crippen LogP contribution in [0.15, 0.2) is 35.5 Å². The van der Waals surface area contributed by atoms with Gasteiger partial charge in [-0.15, -0.1) is 0 Å². The second kappa shape index (κ2) is 5.59. The third-order valence-electron chi connectivity index (χ3n) is 2.33. The van der Waals surface area contributed by atoms with Crippen LogP contribution in [0.2, 0.25) is 5.02 Å². The summed E-state index contributed by atoms with van der Waals surface area (Å²) >= 11 is 5.52. The summed E-state index contributed by atoms with van der Waals surface area (Å²) in [5.41, 5.74) is 0.0598. The fraction of sp³-hybridized carbons (Fsp3) is 0.0909. The fourth-order valence-corrected chi connectivity index (χ4v) is 2.41. The molecule has 0 bridgehead atoms. The van der Waals surface area contributed by atoms with Gasteiger partial charge >= 0.3 is 0 Å². The predicted molar refractivity (Wildman–Crippen MR) is 73.8 cm³/mol. The van der Waals surface area contributed by atoms with E-state index in [4.69, 9.17) is 11.6 Å². The summed E-state index contributed by atoms with van der Waals surface area (Å²) < 4.78 is 39.5. The number of aromatic nitrogens is 2. The minimum Gasteiger partial charge on any atom is -0.357 e. The van der Waals surface area contributed by atoms with Crippen LogP contribution in [0, 0.1) is 5.82 Å². The summed E-state index contributed by atoms with van der Waals surface area (Å²) in [6, 6.07) is 3.60. The van der Waals surface area contributed by atoms with Crippen LogP contribution in [0.4, 0.5) is 16.0 Å². The second-order valence-electron chi connectivity index (χ2n) is 3.73. The maximum atomic E-state index is 13.3. The zero-order valence-electron chi connectivity index (χ0n) is 10.3. The van der Waals surface area contributed by atoms with Gasteiger partial charge in [0.25, 0.3) is 10.0 Å². The Morgan fingerprint density at radius 2 is 1.90 bits per heavy atom. The molecule has 1 aromatic carbocycles. The van der Waals surface area contributed by atoms with Gasteiger partial charge in [-0.05, 0) is 18.2 Å². The van der Waals surface area contributed by atoms with Crippen LogP contribution < -0.4 is 10.0 Å². The van der Waals surface area contributed by atoms with Gasteiger partial charge in [-0.25, -0.2) is 22.8 Å². The number of hydrogen-bond donors (Lipinski definition) is 2. The molecule has 1 heterocycles. The third kappa shape index (κ3) is 3.14. The van der Waals surface area contributed by atoms with E-state index in [1.807, 2.05) is 0 Å². The minimum atomic E-state index is -3.88. The molecule has 0 aliphatic heterocycles. The SMILES string of the molecule is CNc1ncc(S(=O)(=O)Nc2ccc(Cl)c(F)c2)cn1. The molecule has 0 unspecified atom stereocenters. The van der Waals surface area contributed by atoms with E-state index in [1.54, 1.807) is 7.05 Å². The molecule has 106 valence electrons. The van der Waals surface area contributed by atoms with Gasteiger partial charge in [0.2, 0.25) is 5.95 Å². The summed E-state index contributed by atoms with van der Waals surface area (Å²) in [5.74, 6) is -0.421. The maximum absolute atomic E-state index is 13.3. The Bertz CT molecular complexity index is 722. The van der Waals surface area contributed by atoms with Gasteiger partial charge in [0.1, 0.15) is 10.7 Å². The van der Waals surface area contributed by atoms with Crippen LogP contribution in [0.5, 0.6) is 0 Å². The smallest absolute Gasteiger partial charge is 0.264 e. The van der Waals surface area contributed by atoms with Crippen LogP contribution in [0.25, 0.3) is 0 Å². The van der Waals surface area contributed by atoms with E-state index in [9.17, 15) is 12.8 Å². The monoisotopic (exact) mass is 316 g/mol. The molecule has 1 aromatic heterocycles. The Morgan fingerprint density at radius 1 is 1.25 bits per heavy atom. The highest BCUT2D eigenvalue weighted by Gasteiger charge is 2.16. The van der Waals surface area contributed by atoms with E-state index in [2.05, 4.69) is 20.0 Å². The number of sulfonamides is 1. The van der Waals surface area contributed by atoms with Crippen LogP contribution >= 0.6 is 11.6 Å². The Balaban J connectivity index is 2.27. The van der Waals surface area contributed by atoms with Crippen LogP contribution in [-0.4, -0.2) is 25.4 Å². The number of benzene rings is 1. The van der Waals surface area contributed by atoms with Crippen molar-refractivity contribution in [1.29, 1.82) is 0 Å². The molecule has 0 radical (unpaired) electrons. The zero-order chi connectivity index (χ0) is 14.8. The number of rotatable bonds is 4. The number of halogens is 2. The van der Waals surface area contributed by atoms with Crippen molar-refractivity contribution in [1.82, 2.24) is 9.97 Å². The Morgan fingerprint density at radius 3 is 2.45 bits per heavy atom. The molecule has 0 aliphatic rings. The van der Waals surface area contributed by atoms with E-state index in [0.29, 0.717) is 5.95 Å². The summed E-state index contributed by atoms with van der Waals surface area (Å²) in [4.78, 5) is 7.47. The van der Waals surface area contributed by atoms with E-state index in [0.717, 1.165) is 18.5 Å². The van der Waals surface area contributed by atoms with Crippen molar-refractivity contribution in [2.24, 2.45) is 0 Å². The first kappa shape index (κ1) is 14.5. The third-order valence-corrected chi connectivity index (χ3v) is 3.98. The van der Waals surface area contributed by atoms with Crippen molar-refractivity contribution >= 4 is 33.3 Å². The molecule has 0 spiro atoms. The van der Waals surface area contributed by atoms with E-state index in [-0.39, 0.29) is 15.6 Å². The van der Waals surface area contributed by atoms with E-state index >= 15 is 0 Å². The number of nitrogens with zero attached hydrogens (tertiary/aromatic N) is 2. The average molecular weight is 317 g/mol.